The second kappa shape index (κ2) is 3.43. The van der Waals surface area contributed by atoms with E-state index in [0.29, 0.717) is 16.8 Å². The molecule has 0 fully saturated rings. The van der Waals surface area contributed by atoms with Crippen molar-refractivity contribution in [2.45, 2.75) is 12.1 Å². The molecule has 14 heavy (non-hydrogen) atoms. The molecule has 2 N–H and O–H groups in total. The minimum atomic E-state index is 0.459. The highest BCUT2D eigenvalue weighted by Crippen LogP contribution is 2.14. The van der Waals surface area contributed by atoms with Gasteiger partial charge in [0.15, 0.2) is 5.82 Å². The minimum Gasteiger partial charge on any atom is -0.290 e. The van der Waals surface area contributed by atoms with Gasteiger partial charge in [0.2, 0.25) is 5.16 Å². The Hall–Kier alpha value is -1.34. The highest BCUT2D eigenvalue weighted by atomic mass is 32.2. The Morgan fingerprint density at radius 2 is 2.29 bits per heavy atom. The second-order valence-corrected chi connectivity index (χ2v) is 3.48. The summed E-state index contributed by atoms with van der Waals surface area (Å²) in [6.45, 7) is 1.83. The van der Waals surface area contributed by atoms with Crippen molar-refractivity contribution in [1.82, 2.24) is 19.6 Å². The zero-order valence-corrected chi connectivity index (χ0v) is 8.54. The SMILES string of the molecule is CSc1nc2nc(C)cc(NO)n2n1. The fraction of sp³-hybridized carbons (Fsp3) is 0.286. The first kappa shape index (κ1) is 9.22. The summed E-state index contributed by atoms with van der Waals surface area (Å²) in [4.78, 5) is 8.33. The van der Waals surface area contributed by atoms with Crippen molar-refractivity contribution in [3.8, 4) is 0 Å². The molecule has 0 unspecified atom stereocenters. The Morgan fingerprint density at radius 3 is 2.93 bits per heavy atom. The van der Waals surface area contributed by atoms with Crippen LogP contribution in [-0.4, -0.2) is 31.0 Å². The third-order valence-corrected chi connectivity index (χ3v) is 2.26. The topological polar surface area (TPSA) is 75.3 Å². The van der Waals surface area contributed by atoms with Crippen molar-refractivity contribution >= 4 is 23.4 Å². The van der Waals surface area contributed by atoms with E-state index in [-0.39, 0.29) is 0 Å². The number of hydrogen-bond donors (Lipinski definition) is 2. The highest BCUT2D eigenvalue weighted by molar-refractivity contribution is 7.98. The van der Waals surface area contributed by atoms with Crippen LogP contribution in [0.4, 0.5) is 5.82 Å². The molecule has 0 bridgehead atoms. The minimum absolute atomic E-state index is 0.459. The Bertz CT molecular complexity index is 468. The van der Waals surface area contributed by atoms with Gasteiger partial charge in [-0.2, -0.15) is 9.50 Å². The normalized spacial score (nSPS) is 10.8. The van der Waals surface area contributed by atoms with Gasteiger partial charge in [-0.25, -0.2) is 4.98 Å². The number of aromatic nitrogens is 4. The van der Waals surface area contributed by atoms with Crippen molar-refractivity contribution in [2.75, 3.05) is 11.7 Å². The summed E-state index contributed by atoms with van der Waals surface area (Å²) in [5.74, 6) is 0.936. The van der Waals surface area contributed by atoms with E-state index in [9.17, 15) is 0 Å². The zero-order chi connectivity index (χ0) is 10.1. The van der Waals surface area contributed by atoms with Gasteiger partial charge in [-0.05, 0) is 13.2 Å². The highest BCUT2D eigenvalue weighted by Gasteiger charge is 2.08. The van der Waals surface area contributed by atoms with Crippen molar-refractivity contribution in [3.05, 3.63) is 11.8 Å². The van der Waals surface area contributed by atoms with E-state index in [1.165, 1.54) is 16.3 Å². The second-order valence-electron chi connectivity index (χ2n) is 2.70. The third kappa shape index (κ3) is 1.40. The molecule has 0 spiro atoms. The summed E-state index contributed by atoms with van der Waals surface area (Å²) in [6.07, 6.45) is 1.88. The number of thioether (sulfide) groups is 1. The molecule has 6 nitrogen and oxygen atoms in total. The van der Waals surface area contributed by atoms with Crippen LogP contribution < -0.4 is 5.48 Å². The van der Waals surface area contributed by atoms with Gasteiger partial charge in [0, 0.05) is 11.8 Å². The van der Waals surface area contributed by atoms with E-state index in [2.05, 4.69) is 20.5 Å². The fourth-order valence-electron chi connectivity index (χ4n) is 1.13. The van der Waals surface area contributed by atoms with Crippen molar-refractivity contribution in [1.29, 1.82) is 0 Å². The van der Waals surface area contributed by atoms with Gasteiger partial charge >= 0.3 is 0 Å². The molecule has 0 aliphatic carbocycles. The van der Waals surface area contributed by atoms with Gasteiger partial charge in [0.05, 0.1) is 0 Å². The van der Waals surface area contributed by atoms with Crippen molar-refractivity contribution < 1.29 is 5.21 Å². The van der Waals surface area contributed by atoms with Crippen LogP contribution in [0.1, 0.15) is 5.69 Å². The standard InChI is InChI=1S/C7H9N5OS/c1-4-3-5(11-13)12-6(8-4)9-7(10-12)14-2/h3,11,13H,1-2H3. The van der Waals surface area contributed by atoms with Crippen LogP contribution in [0.3, 0.4) is 0 Å². The number of aryl methyl sites for hydroxylation is 1. The monoisotopic (exact) mass is 211 g/mol. The van der Waals surface area contributed by atoms with E-state index in [4.69, 9.17) is 5.21 Å². The Kier molecular flexibility index (Phi) is 2.26. The average molecular weight is 211 g/mol. The molecule has 0 aliphatic heterocycles. The van der Waals surface area contributed by atoms with Crippen LogP contribution in [-0.2, 0) is 0 Å². The lowest BCUT2D eigenvalue weighted by atomic mass is 10.4. The van der Waals surface area contributed by atoms with Crippen LogP contribution in [0.5, 0.6) is 0 Å². The summed E-state index contributed by atoms with van der Waals surface area (Å²) in [6, 6.07) is 1.69. The van der Waals surface area contributed by atoms with Gasteiger partial charge in [-0.3, -0.25) is 10.7 Å². The molecule has 0 aliphatic rings. The van der Waals surface area contributed by atoms with Crippen LogP contribution in [0.15, 0.2) is 11.2 Å². The smallest absolute Gasteiger partial charge is 0.255 e. The maximum atomic E-state index is 8.87. The number of nitrogens with zero attached hydrogens (tertiary/aromatic N) is 4. The van der Waals surface area contributed by atoms with E-state index >= 15 is 0 Å². The van der Waals surface area contributed by atoms with Crippen LogP contribution in [0.2, 0.25) is 0 Å². The third-order valence-electron chi connectivity index (χ3n) is 1.72. The number of anilines is 1. The summed E-state index contributed by atoms with van der Waals surface area (Å²) in [5, 5.41) is 13.6. The molecule has 7 heteroatoms. The van der Waals surface area contributed by atoms with E-state index in [0.717, 1.165) is 5.69 Å². The van der Waals surface area contributed by atoms with Crippen LogP contribution >= 0.6 is 11.8 Å². The first-order valence-corrected chi connectivity index (χ1v) is 5.15. The van der Waals surface area contributed by atoms with E-state index in [1.807, 2.05) is 13.2 Å². The molecule has 0 atom stereocenters. The first-order chi connectivity index (χ1) is 6.74. The van der Waals surface area contributed by atoms with Crippen LogP contribution in [0, 0.1) is 6.92 Å². The van der Waals surface area contributed by atoms with Gasteiger partial charge in [-0.1, -0.05) is 11.8 Å². The molecule has 2 aromatic heterocycles. The molecule has 2 heterocycles. The van der Waals surface area contributed by atoms with Crippen molar-refractivity contribution in [2.24, 2.45) is 0 Å². The van der Waals surface area contributed by atoms with Gasteiger partial charge in [0.1, 0.15) is 0 Å². The molecule has 74 valence electrons. The van der Waals surface area contributed by atoms with Gasteiger partial charge in [-0.15, -0.1) is 5.10 Å². The predicted molar refractivity (Wildman–Crippen MR) is 52.7 cm³/mol. The molecular formula is C7H9N5OS. The predicted octanol–water partition coefficient (Wildman–Crippen LogP) is 0.956. The van der Waals surface area contributed by atoms with Crippen molar-refractivity contribution in [3.63, 3.8) is 0 Å². The summed E-state index contributed by atoms with van der Waals surface area (Å²) < 4.78 is 1.46. The first-order valence-electron chi connectivity index (χ1n) is 3.93. The maximum absolute atomic E-state index is 8.87. The Labute approximate surface area is 84.3 Å². The molecule has 0 saturated carbocycles. The number of hydrogen-bond acceptors (Lipinski definition) is 6. The lowest BCUT2D eigenvalue weighted by Crippen LogP contribution is -2.02. The van der Waals surface area contributed by atoms with Gasteiger partial charge < -0.3 is 0 Å². The van der Waals surface area contributed by atoms with E-state index < -0.39 is 0 Å². The lowest BCUT2D eigenvalue weighted by molar-refractivity contribution is 0.383. The largest absolute Gasteiger partial charge is 0.290 e. The van der Waals surface area contributed by atoms with Gasteiger partial charge in [0.25, 0.3) is 5.78 Å². The number of nitrogens with one attached hydrogen (secondary N) is 1. The molecule has 0 amide bonds. The zero-order valence-electron chi connectivity index (χ0n) is 7.72. The molecule has 2 aromatic rings. The number of fused-ring (bicyclic) bond motifs is 1. The molecule has 2 rings (SSSR count). The molecule has 0 aromatic carbocycles. The number of rotatable bonds is 2. The Morgan fingerprint density at radius 1 is 1.50 bits per heavy atom. The fourth-order valence-corrected chi connectivity index (χ4v) is 1.47. The molecular weight excluding hydrogens is 202 g/mol. The van der Waals surface area contributed by atoms with Crippen LogP contribution in [0.25, 0.3) is 5.78 Å². The molecule has 0 saturated heterocycles. The maximum Gasteiger partial charge on any atom is 0.255 e. The quantitative estimate of drug-likeness (QED) is 0.569. The summed E-state index contributed by atoms with van der Waals surface area (Å²) in [7, 11) is 0. The summed E-state index contributed by atoms with van der Waals surface area (Å²) >= 11 is 1.43. The van der Waals surface area contributed by atoms with E-state index in [1.54, 1.807) is 6.07 Å². The summed E-state index contributed by atoms with van der Waals surface area (Å²) in [5.41, 5.74) is 2.83. The lowest BCUT2D eigenvalue weighted by Gasteiger charge is -2.01. The Balaban J connectivity index is 2.71. The average Bonchev–Trinajstić information content (AvgIpc) is 2.59. The molecule has 0 radical (unpaired) electrons.